The fraction of sp³-hybridized carbons (Fsp3) is 0.321. The Labute approximate surface area is 246 Å². The first-order chi connectivity index (χ1) is 17.4. The van der Waals surface area contributed by atoms with E-state index < -0.39 is 29.1 Å². The Hall–Kier alpha value is -1.95. The molecule has 37 heavy (non-hydrogen) atoms. The van der Waals surface area contributed by atoms with Crippen molar-refractivity contribution in [2.24, 2.45) is 15.9 Å². The van der Waals surface area contributed by atoms with Crippen molar-refractivity contribution in [1.29, 1.82) is 0 Å². The van der Waals surface area contributed by atoms with E-state index in [-0.39, 0.29) is 51.6 Å². The standard InChI is InChI=1S/C28H23ClF2N2O2S.Na/c1-2-3-4-5-9-21-32-14-19(33-21)24-22(15-10-11-15)27(16-12-13-18(29)26(31)23(16)24)36-20-8-6-7-17(25(20)30)28(34)35;/h1,6-8,12-15,21,24H,3-5,9-11H2,(H,34,35);/q;+1/p-1. The second-order valence-electron chi connectivity index (χ2n) is 9.08. The molecule has 0 spiro atoms. The first-order valence-electron chi connectivity index (χ1n) is 11.8. The predicted octanol–water partition coefficient (Wildman–Crippen LogP) is 3.04. The van der Waals surface area contributed by atoms with Crippen molar-refractivity contribution in [3.05, 3.63) is 69.3 Å². The largest absolute Gasteiger partial charge is 1.00 e. The Bertz CT molecular complexity index is 1380. The molecular formula is C28H22ClF2N2NaO2S. The molecule has 3 aliphatic rings. The zero-order valence-electron chi connectivity index (χ0n) is 20.3. The molecule has 4 nitrogen and oxygen atoms in total. The molecule has 2 aromatic carbocycles. The Morgan fingerprint density at radius 1 is 1.19 bits per heavy atom. The van der Waals surface area contributed by atoms with Gasteiger partial charge in [-0.3, -0.25) is 9.98 Å². The maximum absolute atomic E-state index is 15.6. The summed E-state index contributed by atoms with van der Waals surface area (Å²) >= 11 is 7.31. The van der Waals surface area contributed by atoms with Gasteiger partial charge in [-0.1, -0.05) is 41.6 Å². The molecule has 9 heteroatoms. The van der Waals surface area contributed by atoms with Gasteiger partial charge < -0.3 is 9.90 Å². The van der Waals surface area contributed by atoms with Gasteiger partial charge in [0.25, 0.3) is 0 Å². The summed E-state index contributed by atoms with van der Waals surface area (Å²) in [5, 5.41) is 11.4. The number of hydrogen-bond acceptors (Lipinski definition) is 5. The molecule has 0 bridgehead atoms. The fourth-order valence-electron chi connectivity index (χ4n) is 4.83. The van der Waals surface area contributed by atoms with Gasteiger partial charge in [0.2, 0.25) is 0 Å². The summed E-state index contributed by atoms with van der Waals surface area (Å²) in [5.41, 5.74) is 2.17. The van der Waals surface area contributed by atoms with Crippen LogP contribution < -0.4 is 34.7 Å². The maximum atomic E-state index is 15.6. The molecule has 2 unspecified atom stereocenters. The van der Waals surface area contributed by atoms with Crippen molar-refractivity contribution in [3.63, 3.8) is 0 Å². The average molecular weight is 547 g/mol. The molecule has 0 saturated heterocycles. The van der Waals surface area contributed by atoms with E-state index in [0.717, 1.165) is 54.3 Å². The minimum atomic E-state index is -1.58. The number of unbranched alkanes of at least 4 members (excludes halogenated alkanes) is 2. The SMILES string of the molecule is C#CCCCCC1N=CC(C2C(C3CC3)=C(Sc3cccc(C(=O)[O-])c3F)c3ccc(Cl)c(F)c32)=N1.[Na+]. The number of aromatic carboxylic acids is 1. The first-order valence-corrected chi connectivity index (χ1v) is 13.0. The maximum Gasteiger partial charge on any atom is 1.00 e. The molecule has 2 aromatic rings. The summed E-state index contributed by atoms with van der Waals surface area (Å²) in [6, 6.07) is 7.40. The molecule has 1 aliphatic heterocycles. The van der Waals surface area contributed by atoms with Crippen molar-refractivity contribution in [1.82, 2.24) is 0 Å². The van der Waals surface area contributed by atoms with Gasteiger partial charge in [-0.2, -0.15) is 0 Å². The number of benzene rings is 2. The molecule has 2 atom stereocenters. The van der Waals surface area contributed by atoms with Crippen LogP contribution in [0.25, 0.3) is 4.91 Å². The van der Waals surface area contributed by atoms with E-state index >= 15 is 8.78 Å². The molecule has 1 saturated carbocycles. The number of carboxylic acids is 1. The number of allylic oxidation sites excluding steroid dienone is 1. The smallest absolute Gasteiger partial charge is 0.545 e. The van der Waals surface area contributed by atoms with E-state index in [2.05, 4.69) is 10.9 Å². The number of nitrogens with zero attached hydrogens (tertiary/aromatic N) is 2. The molecular weight excluding hydrogens is 525 g/mol. The van der Waals surface area contributed by atoms with E-state index in [1.165, 1.54) is 24.3 Å². The Morgan fingerprint density at radius 2 is 1.97 bits per heavy atom. The van der Waals surface area contributed by atoms with Crippen molar-refractivity contribution >= 4 is 46.2 Å². The van der Waals surface area contributed by atoms with Crippen LogP contribution in [-0.4, -0.2) is 24.1 Å². The molecule has 1 fully saturated rings. The van der Waals surface area contributed by atoms with Crippen LogP contribution in [0.3, 0.4) is 0 Å². The molecule has 0 aromatic heterocycles. The molecule has 0 amide bonds. The zero-order valence-corrected chi connectivity index (χ0v) is 23.8. The van der Waals surface area contributed by atoms with E-state index in [9.17, 15) is 9.90 Å². The van der Waals surface area contributed by atoms with Gasteiger partial charge in [-0.15, -0.1) is 12.3 Å². The van der Waals surface area contributed by atoms with Crippen molar-refractivity contribution in [2.75, 3.05) is 0 Å². The fourth-order valence-corrected chi connectivity index (χ4v) is 6.25. The number of carbonyl (C=O) groups excluding carboxylic acids is 1. The third-order valence-electron chi connectivity index (χ3n) is 6.66. The number of halogens is 3. The molecule has 0 N–H and O–H groups in total. The number of carboxylic acid groups (broad SMARTS) is 1. The van der Waals surface area contributed by atoms with Gasteiger partial charge in [0.1, 0.15) is 17.8 Å². The normalized spacial score (nSPS) is 19.9. The molecule has 2 aliphatic carbocycles. The predicted molar refractivity (Wildman–Crippen MR) is 137 cm³/mol. The van der Waals surface area contributed by atoms with E-state index in [4.69, 9.17) is 23.0 Å². The minimum absolute atomic E-state index is 0. The summed E-state index contributed by atoms with van der Waals surface area (Å²) in [4.78, 5) is 21.6. The van der Waals surface area contributed by atoms with Crippen molar-refractivity contribution < 1.29 is 48.2 Å². The second kappa shape index (κ2) is 11.8. The quantitative estimate of drug-likeness (QED) is 0.276. The van der Waals surface area contributed by atoms with Crippen LogP contribution in [0.2, 0.25) is 5.02 Å². The zero-order chi connectivity index (χ0) is 25.4. The number of rotatable bonds is 9. The number of terminal acetylenes is 1. The summed E-state index contributed by atoms with van der Waals surface area (Å²) in [7, 11) is 0. The van der Waals surface area contributed by atoms with Crippen LogP contribution in [0, 0.1) is 29.9 Å². The summed E-state index contributed by atoms with van der Waals surface area (Å²) in [6.45, 7) is 0. The number of hydrogen-bond donors (Lipinski definition) is 0. The number of fused-ring (bicyclic) bond motifs is 1. The van der Waals surface area contributed by atoms with Crippen LogP contribution in [-0.2, 0) is 0 Å². The topological polar surface area (TPSA) is 64.8 Å². The average Bonchev–Trinajstić information content (AvgIpc) is 3.50. The van der Waals surface area contributed by atoms with Crippen LogP contribution in [0.4, 0.5) is 8.78 Å². The van der Waals surface area contributed by atoms with Crippen molar-refractivity contribution in [2.45, 2.75) is 55.5 Å². The third-order valence-corrected chi connectivity index (χ3v) is 8.14. The van der Waals surface area contributed by atoms with Gasteiger partial charge in [0, 0.05) is 33.6 Å². The molecule has 184 valence electrons. The van der Waals surface area contributed by atoms with Crippen molar-refractivity contribution in [3.8, 4) is 12.3 Å². The Morgan fingerprint density at radius 3 is 2.68 bits per heavy atom. The first kappa shape index (κ1) is 28.1. The van der Waals surface area contributed by atoms with Gasteiger partial charge >= 0.3 is 29.6 Å². The van der Waals surface area contributed by atoms with Gasteiger partial charge in [-0.25, -0.2) is 8.78 Å². The second-order valence-corrected chi connectivity index (χ2v) is 10.5. The third kappa shape index (κ3) is 5.60. The van der Waals surface area contributed by atoms with E-state index in [1.807, 2.05) is 0 Å². The summed E-state index contributed by atoms with van der Waals surface area (Å²) < 4.78 is 30.6. The Kier molecular flexibility index (Phi) is 8.98. The summed E-state index contributed by atoms with van der Waals surface area (Å²) in [6.07, 6.45) is 11.9. The van der Waals surface area contributed by atoms with Crippen LogP contribution >= 0.6 is 23.4 Å². The van der Waals surface area contributed by atoms with E-state index in [1.54, 1.807) is 12.3 Å². The Balaban J connectivity index is 0.00000320. The number of thioether (sulfide) groups is 1. The number of carbonyl (C=O) groups is 1. The molecule has 5 rings (SSSR count). The monoisotopic (exact) mass is 546 g/mol. The van der Waals surface area contributed by atoms with Crippen LogP contribution in [0.15, 0.2) is 50.8 Å². The van der Waals surface area contributed by atoms with E-state index in [0.29, 0.717) is 23.3 Å². The molecule has 0 radical (unpaired) electrons. The van der Waals surface area contributed by atoms with Gasteiger partial charge in [0.15, 0.2) is 0 Å². The van der Waals surface area contributed by atoms with Crippen LogP contribution in [0.1, 0.15) is 65.9 Å². The molecule has 1 heterocycles. The minimum Gasteiger partial charge on any atom is -0.545 e. The number of aliphatic imine (C=N–C) groups is 2. The van der Waals surface area contributed by atoms with Gasteiger partial charge in [-0.05, 0) is 61.3 Å². The van der Waals surface area contributed by atoms with Crippen LogP contribution in [0.5, 0.6) is 0 Å². The van der Waals surface area contributed by atoms with Gasteiger partial charge in [0.05, 0.1) is 22.6 Å². The summed E-state index contributed by atoms with van der Waals surface area (Å²) in [5.74, 6) is -0.615.